The molecule has 0 bridgehead atoms. The molecule has 0 unspecified atom stereocenters. The lowest BCUT2D eigenvalue weighted by molar-refractivity contribution is -0.170. The number of hydrogen-bond acceptors (Lipinski definition) is 5. The number of ether oxygens (including phenoxy) is 2. The van der Waals surface area contributed by atoms with Gasteiger partial charge in [0.05, 0.1) is 12.3 Å². The summed E-state index contributed by atoms with van der Waals surface area (Å²) >= 11 is 0. The maximum absolute atomic E-state index is 12.0. The molecule has 0 aliphatic heterocycles. The summed E-state index contributed by atoms with van der Waals surface area (Å²) in [6.07, 6.45) is 3.37. The molecule has 126 valence electrons. The van der Waals surface area contributed by atoms with Crippen LogP contribution in [0.5, 0.6) is 5.75 Å². The highest BCUT2D eigenvalue weighted by Crippen LogP contribution is 2.29. The Morgan fingerprint density at radius 3 is 2.61 bits per heavy atom. The van der Waals surface area contributed by atoms with Crippen molar-refractivity contribution in [1.82, 2.24) is 0 Å². The molecular weight excluding hydrogens is 298 g/mol. The van der Waals surface area contributed by atoms with Gasteiger partial charge in [0.2, 0.25) is 0 Å². The van der Waals surface area contributed by atoms with Crippen LogP contribution in [0.2, 0.25) is 0 Å². The summed E-state index contributed by atoms with van der Waals surface area (Å²) in [6.45, 7) is 1.90. The summed E-state index contributed by atoms with van der Waals surface area (Å²) < 4.78 is 10.4. The van der Waals surface area contributed by atoms with Crippen LogP contribution in [0, 0.1) is 0 Å². The molecule has 0 atom stereocenters. The van der Waals surface area contributed by atoms with Gasteiger partial charge in [-0.2, -0.15) is 0 Å². The highest BCUT2D eigenvalue weighted by molar-refractivity contribution is 5.94. The third-order valence-electron chi connectivity index (χ3n) is 3.86. The maximum Gasteiger partial charge on any atom is 0.338 e. The van der Waals surface area contributed by atoms with E-state index in [1.54, 1.807) is 24.3 Å². The number of amides is 1. The number of para-hydroxylation sites is 2. The first kappa shape index (κ1) is 17.3. The second kappa shape index (κ2) is 7.97. The van der Waals surface area contributed by atoms with E-state index in [0.717, 1.165) is 19.3 Å². The van der Waals surface area contributed by atoms with Crippen LogP contribution in [0.1, 0.15) is 39.0 Å². The van der Waals surface area contributed by atoms with Crippen molar-refractivity contribution >= 4 is 17.6 Å². The monoisotopic (exact) mass is 321 g/mol. The number of carbonyl (C=O) groups is 2. The van der Waals surface area contributed by atoms with Gasteiger partial charge in [0, 0.05) is 0 Å². The van der Waals surface area contributed by atoms with Crippen molar-refractivity contribution in [3.05, 3.63) is 24.3 Å². The van der Waals surface area contributed by atoms with Gasteiger partial charge < -0.3 is 19.9 Å². The van der Waals surface area contributed by atoms with Gasteiger partial charge in [0.1, 0.15) is 5.75 Å². The van der Waals surface area contributed by atoms with Gasteiger partial charge in [-0.25, -0.2) is 4.79 Å². The number of hydrogen-bond donors (Lipinski definition) is 2. The molecule has 1 aliphatic carbocycles. The smallest absolute Gasteiger partial charge is 0.338 e. The second-order valence-electron chi connectivity index (χ2n) is 5.65. The predicted octanol–water partition coefficient (Wildman–Crippen LogP) is 2.26. The molecule has 1 fully saturated rings. The van der Waals surface area contributed by atoms with E-state index >= 15 is 0 Å². The Kier molecular flexibility index (Phi) is 5.98. The molecule has 1 aliphatic rings. The summed E-state index contributed by atoms with van der Waals surface area (Å²) in [5, 5.41) is 12.9. The van der Waals surface area contributed by atoms with Crippen LogP contribution in [-0.2, 0) is 14.3 Å². The number of carbonyl (C=O) groups excluding carboxylic acids is 2. The summed E-state index contributed by atoms with van der Waals surface area (Å²) in [5.41, 5.74) is -0.923. The van der Waals surface area contributed by atoms with Crippen LogP contribution in [0.15, 0.2) is 24.3 Å². The van der Waals surface area contributed by atoms with Crippen molar-refractivity contribution in [2.75, 3.05) is 18.5 Å². The fourth-order valence-electron chi connectivity index (χ4n) is 2.64. The van der Waals surface area contributed by atoms with Gasteiger partial charge >= 0.3 is 5.97 Å². The van der Waals surface area contributed by atoms with E-state index in [9.17, 15) is 14.7 Å². The molecule has 2 N–H and O–H groups in total. The number of anilines is 1. The lowest BCUT2D eigenvalue weighted by Gasteiger charge is -2.29. The summed E-state index contributed by atoms with van der Waals surface area (Å²) in [5.74, 6) is -0.629. The fourth-order valence-corrected chi connectivity index (χ4v) is 2.64. The van der Waals surface area contributed by atoms with Crippen LogP contribution in [0.25, 0.3) is 0 Å². The minimum absolute atomic E-state index is 0.390. The van der Waals surface area contributed by atoms with Gasteiger partial charge in [-0.1, -0.05) is 18.6 Å². The van der Waals surface area contributed by atoms with Gasteiger partial charge in [-0.05, 0) is 44.7 Å². The SMILES string of the molecule is CCOc1ccccc1NC(=O)COC(=O)C1(O)CCCCC1. The predicted molar refractivity (Wildman–Crippen MR) is 85.2 cm³/mol. The van der Waals surface area contributed by atoms with E-state index in [0.29, 0.717) is 30.9 Å². The number of benzene rings is 1. The average molecular weight is 321 g/mol. The van der Waals surface area contributed by atoms with Gasteiger partial charge in [-0.3, -0.25) is 4.79 Å². The largest absolute Gasteiger partial charge is 0.492 e. The van der Waals surface area contributed by atoms with E-state index < -0.39 is 24.1 Å². The van der Waals surface area contributed by atoms with Crippen molar-refractivity contribution in [3.63, 3.8) is 0 Å². The molecule has 0 aromatic heterocycles. The Labute approximate surface area is 135 Å². The van der Waals surface area contributed by atoms with Crippen molar-refractivity contribution < 1.29 is 24.2 Å². The average Bonchev–Trinajstić information content (AvgIpc) is 2.55. The summed E-state index contributed by atoms with van der Waals surface area (Å²) in [4.78, 5) is 23.9. The quantitative estimate of drug-likeness (QED) is 0.785. The molecule has 1 amide bonds. The third kappa shape index (κ3) is 4.69. The Morgan fingerprint density at radius 1 is 1.22 bits per heavy atom. The van der Waals surface area contributed by atoms with Crippen LogP contribution < -0.4 is 10.1 Å². The Balaban J connectivity index is 1.86. The molecule has 6 nitrogen and oxygen atoms in total. The van der Waals surface area contributed by atoms with Crippen molar-refractivity contribution in [1.29, 1.82) is 0 Å². The number of rotatable bonds is 6. The minimum atomic E-state index is -1.44. The van der Waals surface area contributed by atoms with Gasteiger partial charge in [-0.15, -0.1) is 0 Å². The molecule has 0 heterocycles. The van der Waals surface area contributed by atoms with E-state index in [1.165, 1.54) is 0 Å². The van der Waals surface area contributed by atoms with Crippen molar-refractivity contribution in [3.8, 4) is 5.75 Å². The number of nitrogens with one attached hydrogen (secondary N) is 1. The molecule has 1 aromatic carbocycles. The molecule has 0 radical (unpaired) electrons. The first-order valence-electron chi connectivity index (χ1n) is 7.96. The number of aliphatic hydroxyl groups is 1. The van der Waals surface area contributed by atoms with Gasteiger partial charge in [0.25, 0.3) is 5.91 Å². The molecular formula is C17H23NO5. The lowest BCUT2D eigenvalue weighted by atomic mass is 9.85. The third-order valence-corrected chi connectivity index (χ3v) is 3.86. The lowest BCUT2D eigenvalue weighted by Crippen LogP contribution is -2.42. The topological polar surface area (TPSA) is 84.9 Å². The Morgan fingerprint density at radius 2 is 1.91 bits per heavy atom. The minimum Gasteiger partial charge on any atom is -0.492 e. The van der Waals surface area contributed by atoms with Crippen molar-refractivity contribution in [2.24, 2.45) is 0 Å². The highest BCUT2D eigenvalue weighted by atomic mass is 16.6. The van der Waals surface area contributed by atoms with Crippen LogP contribution >= 0.6 is 0 Å². The van der Waals surface area contributed by atoms with Crippen LogP contribution in [0.4, 0.5) is 5.69 Å². The molecule has 0 saturated heterocycles. The maximum atomic E-state index is 12.0. The molecule has 1 aromatic rings. The van der Waals surface area contributed by atoms with Crippen molar-refractivity contribution in [2.45, 2.75) is 44.6 Å². The zero-order valence-corrected chi connectivity index (χ0v) is 13.3. The standard InChI is InChI=1S/C17H23NO5/c1-2-22-14-9-5-4-8-13(14)18-15(19)12-23-16(20)17(21)10-6-3-7-11-17/h4-5,8-9,21H,2-3,6-7,10-12H2,1H3,(H,18,19). The molecule has 6 heteroatoms. The van der Waals surface area contributed by atoms with E-state index in [2.05, 4.69) is 5.32 Å². The zero-order valence-electron chi connectivity index (χ0n) is 13.3. The Bertz CT molecular complexity index is 552. The Hall–Kier alpha value is -2.08. The van der Waals surface area contributed by atoms with E-state index in [-0.39, 0.29) is 0 Å². The zero-order chi connectivity index (χ0) is 16.7. The molecule has 1 saturated carbocycles. The van der Waals surface area contributed by atoms with Gasteiger partial charge in [0.15, 0.2) is 12.2 Å². The second-order valence-corrected chi connectivity index (χ2v) is 5.65. The van der Waals surface area contributed by atoms with Crippen LogP contribution in [0.3, 0.4) is 0 Å². The highest BCUT2D eigenvalue weighted by Gasteiger charge is 2.38. The number of esters is 1. The van der Waals surface area contributed by atoms with Crippen LogP contribution in [-0.4, -0.2) is 35.8 Å². The summed E-state index contributed by atoms with van der Waals surface area (Å²) in [6, 6.07) is 7.03. The molecule has 23 heavy (non-hydrogen) atoms. The first-order chi connectivity index (χ1) is 11.0. The normalized spacial score (nSPS) is 16.4. The fraction of sp³-hybridized carbons (Fsp3) is 0.529. The molecule has 2 rings (SSSR count). The first-order valence-corrected chi connectivity index (χ1v) is 7.96. The summed E-state index contributed by atoms with van der Waals surface area (Å²) in [7, 11) is 0. The van der Waals surface area contributed by atoms with E-state index in [4.69, 9.17) is 9.47 Å². The van der Waals surface area contributed by atoms with E-state index in [1.807, 2.05) is 6.92 Å². The molecule has 0 spiro atoms.